The molecule has 0 atom stereocenters. The first kappa shape index (κ1) is 24.6. The highest BCUT2D eigenvalue weighted by atomic mass is 16.3. The molecule has 0 amide bonds. The molecule has 4 aromatic carbocycles. The van der Waals surface area contributed by atoms with Crippen LogP contribution in [0.2, 0.25) is 0 Å². The molecule has 0 heterocycles. The van der Waals surface area contributed by atoms with E-state index in [1.165, 1.54) is 0 Å². The minimum atomic E-state index is -0.145. The molecular weight excluding hydrogens is 444 g/mol. The zero-order valence-corrected chi connectivity index (χ0v) is 20.2. The second kappa shape index (κ2) is 10.8. The fourth-order valence-corrected chi connectivity index (χ4v) is 4.35. The van der Waals surface area contributed by atoms with Crippen molar-refractivity contribution in [2.45, 2.75) is 19.3 Å². The Morgan fingerprint density at radius 3 is 0.861 bits per heavy atom. The Balaban J connectivity index is 1.78. The Labute approximate surface area is 212 Å². The average Bonchev–Trinajstić information content (AvgIpc) is 2.92. The smallest absolute Gasteiger partial charge is 0.130 e. The molecule has 4 aromatic rings. The van der Waals surface area contributed by atoms with Gasteiger partial charge in [-0.05, 0) is 33.4 Å². The Hall–Kier alpha value is -4.50. The fourth-order valence-electron chi connectivity index (χ4n) is 4.35. The van der Waals surface area contributed by atoms with Gasteiger partial charge in [0.15, 0.2) is 0 Å². The van der Waals surface area contributed by atoms with Gasteiger partial charge < -0.3 is 15.3 Å². The maximum absolute atomic E-state index is 11.3. The van der Waals surface area contributed by atoms with Gasteiger partial charge in [0.05, 0.1) is 0 Å². The van der Waals surface area contributed by atoms with Crippen LogP contribution in [0.1, 0.15) is 33.4 Å². The molecule has 0 aliphatic carbocycles. The van der Waals surface area contributed by atoms with E-state index >= 15 is 0 Å². The van der Waals surface area contributed by atoms with Crippen molar-refractivity contribution in [2.75, 3.05) is 0 Å². The largest absolute Gasteiger partial charge is 0.507 e. The molecule has 0 unspecified atom stereocenters. The summed E-state index contributed by atoms with van der Waals surface area (Å²) in [5.74, 6) is -0.435. The molecule has 3 heteroatoms. The number of hydrogen-bond acceptors (Lipinski definition) is 3. The van der Waals surface area contributed by atoms with Gasteiger partial charge in [0.2, 0.25) is 0 Å². The number of hydrogen-bond donors (Lipinski definition) is 3. The Morgan fingerprint density at radius 2 is 0.639 bits per heavy atom. The Kier molecular flexibility index (Phi) is 7.41. The number of aromatic hydroxyl groups is 3. The van der Waals surface area contributed by atoms with E-state index in [1.54, 1.807) is 0 Å². The van der Waals surface area contributed by atoms with Crippen LogP contribution < -0.4 is 0 Å². The van der Waals surface area contributed by atoms with Crippen molar-refractivity contribution in [3.63, 3.8) is 0 Å². The van der Waals surface area contributed by atoms with E-state index in [1.807, 2.05) is 91.0 Å². The first-order chi connectivity index (χ1) is 17.4. The van der Waals surface area contributed by atoms with Gasteiger partial charge in [-0.2, -0.15) is 0 Å². The van der Waals surface area contributed by atoms with Crippen LogP contribution in [-0.4, -0.2) is 15.3 Å². The summed E-state index contributed by atoms with van der Waals surface area (Å²) in [6.45, 7) is 12.5. The molecule has 0 radical (unpaired) electrons. The first-order valence-corrected chi connectivity index (χ1v) is 11.8. The van der Waals surface area contributed by atoms with E-state index in [9.17, 15) is 15.3 Å². The molecule has 0 aliphatic heterocycles. The van der Waals surface area contributed by atoms with E-state index in [4.69, 9.17) is 0 Å². The summed E-state index contributed by atoms with van der Waals surface area (Å²) in [5, 5.41) is 33.9. The summed E-state index contributed by atoms with van der Waals surface area (Å²) in [6.07, 6.45) is 0.659. The zero-order chi connectivity index (χ0) is 25.7. The fraction of sp³-hybridized carbons (Fsp3) is 0.0909. The number of allylic oxidation sites excluding steroid dienone is 3. The van der Waals surface area contributed by atoms with Crippen LogP contribution in [0.5, 0.6) is 17.2 Å². The van der Waals surface area contributed by atoms with E-state index in [2.05, 4.69) is 19.7 Å². The van der Waals surface area contributed by atoms with Crippen molar-refractivity contribution < 1.29 is 15.3 Å². The Morgan fingerprint density at radius 1 is 0.417 bits per heavy atom. The molecule has 0 bridgehead atoms. The third kappa shape index (κ3) is 5.26. The Bertz CT molecular complexity index is 1210. The predicted octanol–water partition coefficient (Wildman–Crippen LogP) is 7.57. The van der Waals surface area contributed by atoms with Crippen LogP contribution in [-0.2, 0) is 19.3 Å². The van der Waals surface area contributed by atoms with Gasteiger partial charge in [0.25, 0.3) is 0 Å². The lowest BCUT2D eigenvalue weighted by atomic mass is 9.88. The van der Waals surface area contributed by atoms with Crippen molar-refractivity contribution in [1.29, 1.82) is 0 Å². The summed E-state index contributed by atoms with van der Waals surface area (Å²) in [5.41, 5.74) is 5.95. The van der Waals surface area contributed by atoms with Crippen LogP contribution in [0.3, 0.4) is 0 Å². The zero-order valence-electron chi connectivity index (χ0n) is 20.2. The highest BCUT2D eigenvalue weighted by Crippen LogP contribution is 2.46. The molecule has 4 rings (SSSR count). The van der Waals surface area contributed by atoms with Crippen LogP contribution >= 0.6 is 0 Å². The molecule has 36 heavy (non-hydrogen) atoms. The van der Waals surface area contributed by atoms with Crippen LogP contribution in [0.15, 0.2) is 111 Å². The normalized spacial score (nSPS) is 10.7. The van der Waals surface area contributed by atoms with Crippen molar-refractivity contribution in [2.24, 2.45) is 0 Å². The van der Waals surface area contributed by atoms with E-state index in [0.29, 0.717) is 16.7 Å². The maximum atomic E-state index is 11.3. The molecule has 0 spiro atoms. The lowest BCUT2D eigenvalue weighted by Gasteiger charge is -2.20. The molecule has 0 saturated carbocycles. The minimum absolute atomic E-state index is 0.145. The van der Waals surface area contributed by atoms with Gasteiger partial charge in [0, 0.05) is 36.0 Å². The highest BCUT2D eigenvalue weighted by Gasteiger charge is 2.25. The van der Waals surface area contributed by atoms with Crippen molar-refractivity contribution in [3.8, 4) is 17.2 Å². The number of benzene rings is 4. The van der Waals surface area contributed by atoms with E-state index < -0.39 is 0 Å². The molecule has 3 nitrogen and oxygen atoms in total. The van der Waals surface area contributed by atoms with Crippen LogP contribution in [0.25, 0.3) is 16.7 Å². The second-order valence-electron chi connectivity index (χ2n) is 8.92. The van der Waals surface area contributed by atoms with Crippen molar-refractivity contribution in [3.05, 3.63) is 144 Å². The van der Waals surface area contributed by atoms with Gasteiger partial charge in [-0.3, -0.25) is 0 Å². The number of rotatable bonds is 9. The summed E-state index contributed by atoms with van der Waals surface area (Å²) < 4.78 is 0. The highest BCUT2D eigenvalue weighted by molar-refractivity contribution is 5.76. The second-order valence-corrected chi connectivity index (χ2v) is 8.92. The lowest BCUT2D eigenvalue weighted by Crippen LogP contribution is -2.02. The summed E-state index contributed by atoms with van der Waals surface area (Å²) >= 11 is 0. The first-order valence-electron chi connectivity index (χ1n) is 11.8. The summed E-state index contributed by atoms with van der Waals surface area (Å²) in [6, 6.07) is 28.9. The molecule has 180 valence electrons. The number of phenols is 3. The van der Waals surface area contributed by atoms with Gasteiger partial charge in [0.1, 0.15) is 17.2 Å². The van der Waals surface area contributed by atoms with E-state index in [0.717, 1.165) is 33.4 Å². The topological polar surface area (TPSA) is 60.7 Å². The molecule has 0 saturated heterocycles. The minimum Gasteiger partial charge on any atom is -0.507 e. The molecule has 0 aliphatic rings. The quantitative estimate of drug-likeness (QED) is 0.234. The monoisotopic (exact) mass is 474 g/mol. The average molecular weight is 475 g/mol. The van der Waals surface area contributed by atoms with Gasteiger partial charge >= 0.3 is 0 Å². The van der Waals surface area contributed by atoms with E-state index in [-0.39, 0.29) is 36.5 Å². The van der Waals surface area contributed by atoms with Gasteiger partial charge in [-0.15, -0.1) is 0 Å². The third-order valence-corrected chi connectivity index (χ3v) is 6.43. The van der Waals surface area contributed by atoms with Crippen LogP contribution in [0, 0.1) is 0 Å². The molecule has 0 fully saturated rings. The SMILES string of the molecule is C=C(Cc1c(O)c(CC(=C)c2ccccc2)c(O)c(CC(=C)c2ccccc2)c1O)c1ccccc1. The standard InChI is InChI=1S/C33H30O3/c1-22(25-13-7-4-8-14-25)19-28-31(34)29(20-23(2)26-15-9-5-10-16-26)33(36)30(32(28)35)21-24(3)27-17-11-6-12-18-27/h4-18,34-36H,1-3,19-21H2. The summed E-state index contributed by atoms with van der Waals surface area (Å²) in [7, 11) is 0. The maximum Gasteiger partial charge on any atom is 0.130 e. The molecule has 3 N–H and O–H groups in total. The van der Waals surface area contributed by atoms with Crippen LogP contribution in [0.4, 0.5) is 0 Å². The van der Waals surface area contributed by atoms with Crippen molar-refractivity contribution >= 4 is 16.7 Å². The van der Waals surface area contributed by atoms with Crippen molar-refractivity contribution in [1.82, 2.24) is 0 Å². The third-order valence-electron chi connectivity index (χ3n) is 6.43. The lowest BCUT2D eigenvalue weighted by molar-refractivity contribution is 0.408. The van der Waals surface area contributed by atoms with Gasteiger partial charge in [-0.25, -0.2) is 0 Å². The summed E-state index contributed by atoms with van der Waals surface area (Å²) in [4.78, 5) is 0. The predicted molar refractivity (Wildman–Crippen MR) is 149 cm³/mol. The molecule has 0 aromatic heterocycles. The van der Waals surface area contributed by atoms with Gasteiger partial charge in [-0.1, -0.05) is 111 Å². The number of phenolic OH excluding ortho intramolecular Hbond substituents is 3. The molecular formula is C33H30O3.